The molecule has 1 N–H and O–H groups in total. The quantitative estimate of drug-likeness (QED) is 0.627. The van der Waals surface area contributed by atoms with Crippen molar-refractivity contribution in [1.29, 1.82) is 0 Å². The highest BCUT2D eigenvalue weighted by Gasteiger charge is 2.29. The van der Waals surface area contributed by atoms with Crippen LogP contribution >= 0.6 is 0 Å². The minimum atomic E-state index is -0.410. The summed E-state index contributed by atoms with van der Waals surface area (Å²) in [7, 11) is 0. The molecule has 2 aromatic carbocycles. The van der Waals surface area contributed by atoms with Crippen LogP contribution in [-0.4, -0.2) is 25.1 Å². The number of nitrogens with one attached hydrogen (secondary N) is 1. The SMILES string of the molecule is O=C(OCCOc1ccccc1)c1ccc(NC(=O)C2CC2)cc1. The van der Waals surface area contributed by atoms with E-state index in [4.69, 9.17) is 9.47 Å². The van der Waals surface area contributed by atoms with Gasteiger partial charge in [-0.2, -0.15) is 0 Å². The first-order valence-corrected chi connectivity index (χ1v) is 7.98. The molecule has 3 rings (SSSR count). The van der Waals surface area contributed by atoms with Crippen LogP contribution in [-0.2, 0) is 9.53 Å². The standard InChI is InChI=1S/C19H19NO4/c21-18(14-6-7-14)20-16-10-8-15(9-11-16)19(22)24-13-12-23-17-4-2-1-3-5-17/h1-5,8-11,14H,6-7,12-13H2,(H,20,21). The highest BCUT2D eigenvalue weighted by molar-refractivity contribution is 5.95. The molecule has 2 aromatic rings. The molecule has 1 saturated carbocycles. The zero-order valence-corrected chi connectivity index (χ0v) is 13.2. The molecule has 0 atom stereocenters. The maximum absolute atomic E-state index is 11.9. The van der Waals surface area contributed by atoms with Crippen LogP contribution < -0.4 is 10.1 Å². The lowest BCUT2D eigenvalue weighted by molar-refractivity contribution is -0.117. The van der Waals surface area contributed by atoms with Crippen LogP contribution in [0.1, 0.15) is 23.2 Å². The van der Waals surface area contributed by atoms with Gasteiger partial charge in [0.2, 0.25) is 5.91 Å². The maximum atomic E-state index is 11.9. The van der Waals surface area contributed by atoms with Crippen molar-refractivity contribution in [1.82, 2.24) is 0 Å². The second-order valence-corrected chi connectivity index (χ2v) is 5.64. The van der Waals surface area contributed by atoms with Gasteiger partial charge in [0.25, 0.3) is 0 Å². The van der Waals surface area contributed by atoms with Gasteiger partial charge >= 0.3 is 5.97 Å². The number of carbonyl (C=O) groups is 2. The van der Waals surface area contributed by atoms with Crippen molar-refractivity contribution in [3.05, 3.63) is 60.2 Å². The van der Waals surface area contributed by atoms with Gasteiger partial charge in [-0.25, -0.2) is 4.79 Å². The fourth-order valence-corrected chi connectivity index (χ4v) is 2.17. The minimum absolute atomic E-state index is 0.0448. The lowest BCUT2D eigenvalue weighted by atomic mass is 10.2. The van der Waals surface area contributed by atoms with Crippen LogP contribution in [0.2, 0.25) is 0 Å². The summed E-state index contributed by atoms with van der Waals surface area (Å²) < 4.78 is 10.6. The summed E-state index contributed by atoms with van der Waals surface area (Å²) in [5.74, 6) is 0.527. The summed E-state index contributed by atoms with van der Waals surface area (Å²) in [6.45, 7) is 0.471. The van der Waals surface area contributed by atoms with Crippen molar-refractivity contribution >= 4 is 17.6 Å². The van der Waals surface area contributed by atoms with Crippen molar-refractivity contribution < 1.29 is 19.1 Å². The molecule has 1 fully saturated rings. The third-order valence-electron chi connectivity index (χ3n) is 3.66. The number of amides is 1. The fraction of sp³-hybridized carbons (Fsp3) is 0.263. The molecule has 5 nitrogen and oxygen atoms in total. The molecule has 1 aliphatic carbocycles. The number of hydrogen-bond donors (Lipinski definition) is 1. The largest absolute Gasteiger partial charge is 0.490 e. The third-order valence-corrected chi connectivity index (χ3v) is 3.66. The highest BCUT2D eigenvalue weighted by atomic mass is 16.6. The van der Waals surface area contributed by atoms with E-state index < -0.39 is 5.97 Å². The Bertz CT molecular complexity index is 693. The molecular formula is C19H19NO4. The zero-order valence-electron chi connectivity index (χ0n) is 13.2. The number of rotatable bonds is 7. The number of ether oxygens (including phenoxy) is 2. The zero-order chi connectivity index (χ0) is 16.8. The maximum Gasteiger partial charge on any atom is 0.338 e. The molecule has 24 heavy (non-hydrogen) atoms. The summed E-state index contributed by atoms with van der Waals surface area (Å²) in [5.41, 5.74) is 1.13. The Hall–Kier alpha value is -2.82. The normalized spacial score (nSPS) is 13.2. The van der Waals surface area contributed by atoms with Gasteiger partial charge in [-0.05, 0) is 49.2 Å². The third kappa shape index (κ3) is 4.59. The Morgan fingerprint density at radius 2 is 1.67 bits per heavy atom. The average molecular weight is 325 g/mol. The molecule has 0 radical (unpaired) electrons. The van der Waals surface area contributed by atoms with E-state index in [1.165, 1.54) is 0 Å². The Labute approximate surface area is 140 Å². The van der Waals surface area contributed by atoms with E-state index in [1.54, 1.807) is 24.3 Å². The van der Waals surface area contributed by atoms with Crippen LogP contribution in [0.15, 0.2) is 54.6 Å². The lowest BCUT2D eigenvalue weighted by Crippen LogP contribution is -2.14. The molecule has 0 aromatic heterocycles. The molecule has 5 heteroatoms. The Morgan fingerprint density at radius 3 is 2.33 bits per heavy atom. The van der Waals surface area contributed by atoms with Gasteiger partial charge in [0.05, 0.1) is 5.56 Å². The summed E-state index contributed by atoms with van der Waals surface area (Å²) in [6.07, 6.45) is 1.92. The van der Waals surface area contributed by atoms with Crippen LogP contribution in [0.4, 0.5) is 5.69 Å². The molecule has 0 bridgehead atoms. The van der Waals surface area contributed by atoms with E-state index >= 15 is 0 Å². The van der Waals surface area contributed by atoms with E-state index in [0.29, 0.717) is 17.9 Å². The first-order valence-electron chi connectivity index (χ1n) is 7.98. The van der Waals surface area contributed by atoms with Crippen molar-refractivity contribution in [3.63, 3.8) is 0 Å². The molecule has 0 saturated heterocycles. The number of esters is 1. The number of benzene rings is 2. The summed E-state index contributed by atoms with van der Waals surface area (Å²) in [5, 5.41) is 2.83. The summed E-state index contributed by atoms with van der Waals surface area (Å²) in [6, 6.07) is 16.0. The van der Waals surface area contributed by atoms with E-state index in [0.717, 1.165) is 18.6 Å². The Kier molecular flexibility index (Phi) is 5.11. The van der Waals surface area contributed by atoms with Gasteiger partial charge in [0, 0.05) is 11.6 Å². The second kappa shape index (κ2) is 7.64. The van der Waals surface area contributed by atoms with Crippen LogP contribution in [0.5, 0.6) is 5.75 Å². The van der Waals surface area contributed by atoms with E-state index in [2.05, 4.69) is 5.32 Å². The van der Waals surface area contributed by atoms with Gasteiger partial charge in [0.1, 0.15) is 19.0 Å². The van der Waals surface area contributed by atoms with Gasteiger partial charge in [-0.15, -0.1) is 0 Å². The first kappa shape index (κ1) is 16.1. The van der Waals surface area contributed by atoms with Gasteiger partial charge < -0.3 is 14.8 Å². The van der Waals surface area contributed by atoms with E-state index in [9.17, 15) is 9.59 Å². The Balaban J connectivity index is 1.42. The first-order chi connectivity index (χ1) is 11.7. The van der Waals surface area contributed by atoms with Crippen LogP contribution in [0.3, 0.4) is 0 Å². The molecule has 0 spiro atoms. The van der Waals surface area contributed by atoms with Gasteiger partial charge in [-0.3, -0.25) is 4.79 Å². The van der Waals surface area contributed by atoms with Crippen molar-refractivity contribution in [2.75, 3.05) is 18.5 Å². The van der Waals surface area contributed by atoms with Crippen molar-refractivity contribution in [2.24, 2.45) is 5.92 Å². The van der Waals surface area contributed by atoms with Crippen molar-refractivity contribution in [2.45, 2.75) is 12.8 Å². The number of anilines is 1. The lowest BCUT2D eigenvalue weighted by Gasteiger charge is -2.08. The van der Waals surface area contributed by atoms with Crippen molar-refractivity contribution in [3.8, 4) is 5.75 Å². The second-order valence-electron chi connectivity index (χ2n) is 5.64. The molecule has 0 heterocycles. The van der Waals surface area contributed by atoms with Gasteiger partial charge in [0.15, 0.2) is 0 Å². The fourth-order valence-electron chi connectivity index (χ4n) is 2.17. The summed E-state index contributed by atoms with van der Waals surface area (Å²) >= 11 is 0. The van der Waals surface area contributed by atoms with Crippen LogP contribution in [0.25, 0.3) is 0 Å². The smallest absolute Gasteiger partial charge is 0.338 e. The molecule has 0 aliphatic heterocycles. The molecule has 124 valence electrons. The molecule has 1 aliphatic rings. The molecule has 0 unspecified atom stereocenters. The predicted molar refractivity (Wildman–Crippen MR) is 90.0 cm³/mol. The van der Waals surface area contributed by atoms with E-state index in [-0.39, 0.29) is 18.4 Å². The topological polar surface area (TPSA) is 64.6 Å². The van der Waals surface area contributed by atoms with Crippen LogP contribution in [0, 0.1) is 5.92 Å². The monoisotopic (exact) mass is 325 g/mol. The predicted octanol–water partition coefficient (Wildman–Crippen LogP) is 3.27. The molecular weight excluding hydrogens is 306 g/mol. The highest BCUT2D eigenvalue weighted by Crippen LogP contribution is 2.30. The molecule has 1 amide bonds. The number of carbonyl (C=O) groups excluding carboxylic acids is 2. The minimum Gasteiger partial charge on any atom is -0.490 e. The number of para-hydroxylation sites is 1. The average Bonchev–Trinajstić information content (AvgIpc) is 3.45. The van der Waals surface area contributed by atoms with Gasteiger partial charge in [-0.1, -0.05) is 18.2 Å². The summed E-state index contributed by atoms with van der Waals surface area (Å²) in [4.78, 5) is 23.6. The number of hydrogen-bond acceptors (Lipinski definition) is 4. The van der Waals surface area contributed by atoms with E-state index in [1.807, 2.05) is 30.3 Å². The Morgan fingerprint density at radius 1 is 0.958 bits per heavy atom.